The van der Waals surface area contributed by atoms with E-state index in [1.807, 2.05) is 14.4 Å². The van der Waals surface area contributed by atoms with Crippen LogP contribution < -0.4 is 3.63 Å². The van der Waals surface area contributed by atoms with Gasteiger partial charge in [-0.25, -0.2) is 0 Å². The molecule has 0 saturated carbocycles. The van der Waals surface area contributed by atoms with Crippen LogP contribution >= 0.6 is 11.3 Å². The van der Waals surface area contributed by atoms with Gasteiger partial charge in [0.25, 0.3) is 0 Å². The molecule has 7 heteroatoms. The molecule has 0 N–H and O–H groups in total. The van der Waals surface area contributed by atoms with Crippen LogP contribution in [0.5, 0.6) is 0 Å². The van der Waals surface area contributed by atoms with E-state index in [1.54, 1.807) is 20.5 Å². The number of hydrogen-bond acceptors (Lipinski definition) is 1. The first-order valence-corrected chi connectivity index (χ1v) is 33.1. The SMILES string of the molecule is Cc1[c]([RaH])[c]([RaH])c2c(sc3[c]([RaH])c(C)[c]([RaH])[c]([RaH])c32)[c]1[RaH]. The van der Waals surface area contributed by atoms with E-state index in [9.17, 15) is 0 Å². The molecule has 3 rings (SSSR count). The minimum absolute atomic E-state index is 0.487. The summed E-state index contributed by atoms with van der Waals surface area (Å²) in [6.07, 6.45) is 0. The zero-order valence-electron chi connectivity index (χ0n) is 14.4. The Bertz CT molecular complexity index is 851. The van der Waals surface area contributed by atoms with Gasteiger partial charge >= 0.3 is 317 Å². The van der Waals surface area contributed by atoms with E-state index >= 15 is 0 Å². The Morgan fingerprint density at radius 3 is 1.19 bits per heavy atom. The molecule has 0 fully saturated rings. The first-order chi connectivity index (χ1) is 9.77. The molecule has 0 nitrogen and oxygen atoms in total. The third kappa shape index (κ3) is 4.42. The maximum absolute atomic E-state index is 2.45. The summed E-state index contributed by atoms with van der Waals surface area (Å²) >= 11 is 5.26. The number of fused-ring (bicyclic) bond motifs is 3. The molecule has 0 spiro atoms. The van der Waals surface area contributed by atoms with Crippen molar-refractivity contribution in [2.75, 3.05) is 0 Å². The normalized spacial score (nSPS) is 11.2. The summed E-state index contributed by atoms with van der Waals surface area (Å²) in [6.45, 7) is 4.91. The molecule has 21 heavy (non-hydrogen) atoms. The number of rotatable bonds is 0. The maximum atomic E-state index is 2.45. The predicted octanol–water partition coefficient (Wildman–Crippen LogP) is -1.89. The van der Waals surface area contributed by atoms with Gasteiger partial charge in [0.1, 0.15) is 0 Å². The van der Waals surface area contributed by atoms with Crippen molar-refractivity contribution in [3.63, 3.8) is 0 Å². The van der Waals surface area contributed by atoms with Crippen molar-refractivity contribution in [3.8, 4) is 0 Å². The zero-order valence-corrected chi connectivity index (χ0v) is 64.5. The van der Waals surface area contributed by atoms with Crippen LogP contribution in [-0.4, -0.2) is 0 Å². The summed E-state index contributed by atoms with van der Waals surface area (Å²) in [7, 11) is 0. The van der Waals surface area contributed by atoms with Gasteiger partial charge < -0.3 is 0 Å². The third-order valence-corrected chi connectivity index (χ3v) is 76.8. The van der Waals surface area contributed by atoms with Crippen molar-refractivity contribution >= 4 is 35.1 Å². The van der Waals surface area contributed by atoms with E-state index in [0.29, 0.717) is 257 Å². The van der Waals surface area contributed by atoms with E-state index in [-0.39, 0.29) is 0 Å². The van der Waals surface area contributed by atoms with Crippen LogP contribution in [0.3, 0.4) is 0 Å². The van der Waals surface area contributed by atoms with E-state index in [1.165, 1.54) is 0 Å². The van der Waals surface area contributed by atoms with Crippen LogP contribution in [0.4, 0.5) is 0 Å². The van der Waals surface area contributed by atoms with Gasteiger partial charge in [-0.1, -0.05) is 0 Å². The first kappa shape index (κ1) is 23.1. The van der Waals surface area contributed by atoms with Gasteiger partial charge in [0.05, 0.1) is 0 Å². The molecule has 0 bridgehead atoms. The van der Waals surface area contributed by atoms with Crippen molar-refractivity contribution in [1.29, 1.82) is 0 Å². The van der Waals surface area contributed by atoms with Gasteiger partial charge in [-0.2, -0.15) is 0 Å². The Morgan fingerprint density at radius 1 is 0.524 bits per heavy atom. The molecule has 0 amide bonds. The molecule has 3 aromatic rings. The van der Waals surface area contributed by atoms with Crippen LogP contribution in [0, 0.1) is 271 Å². The van der Waals surface area contributed by atoms with Gasteiger partial charge in [-0.3, -0.25) is 0 Å². The van der Waals surface area contributed by atoms with Crippen LogP contribution in [0.2, 0.25) is 0 Å². The van der Waals surface area contributed by atoms with E-state index in [4.69, 9.17) is 0 Å². The second kappa shape index (κ2) is 9.73. The monoisotopic (exact) mass is 1570 g/mol. The van der Waals surface area contributed by atoms with E-state index < -0.39 is 0 Å². The molecular weight excluding hydrogens is 1560 g/mol. The van der Waals surface area contributed by atoms with Crippen molar-refractivity contribution in [1.82, 2.24) is 0 Å². The molecule has 0 saturated heterocycles. The summed E-state index contributed by atoms with van der Waals surface area (Å²) in [4.78, 5) is 0. The third-order valence-electron chi connectivity index (χ3n) is 5.71. The average Bonchev–Trinajstić information content (AvgIpc) is 2.87. The van der Waals surface area contributed by atoms with Crippen molar-refractivity contribution in [3.05, 3.63) is 11.1 Å². The predicted molar refractivity (Wildman–Crippen MR) is 75.0 cm³/mol. The summed E-state index contributed by atoms with van der Waals surface area (Å²) in [6, 6.07) is 0. The first-order valence-electron chi connectivity index (χ1n) is 7.66. The summed E-state index contributed by atoms with van der Waals surface area (Å²) in [5, 5.41) is 3.69. The Hall–Kier alpha value is 7.47. The van der Waals surface area contributed by atoms with Gasteiger partial charge in [-0.05, 0) is 0 Å². The molecule has 0 aliphatic carbocycles. The van der Waals surface area contributed by atoms with Gasteiger partial charge in [-0.15, -0.1) is 0 Å². The van der Waals surface area contributed by atoms with E-state index in [2.05, 4.69) is 25.2 Å². The van der Waals surface area contributed by atoms with Gasteiger partial charge in [0.15, 0.2) is 0 Å². The molecule has 1 aromatic heterocycles. The fourth-order valence-electron chi connectivity index (χ4n) is 3.52. The zero-order chi connectivity index (χ0) is 15.6. The number of benzene rings is 2. The van der Waals surface area contributed by atoms with Gasteiger partial charge in [0, 0.05) is 0 Å². The van der Waals surface area contributed by atoms with Crippen LogP contribution in [0.1, 0.15) is 11.1 Å². The molecule has 0 atom stereocenters. The fourth-order valence-corrected chi connectivity index (χ4v) is 43.4. The molecule has 0 unspecified atom stereocenters. The van der Waals surface area contributed by atoms with Crippen molar-refractivity contribution < 1.29 is 257 Å². The van der Waals surface area contributed by atoms with Crippen LogP contribution in [0.15, 0.2) is 0 Å². The molecule has 0 aliphatic rings. The Labute approximate surface area is 305 Å². The molecule has 2 aromatic carbocycles. The number of thiophene rings is 1. The van der Waals surface area contributed by atoms with Crippen LogP contribution in [-0.2, 0) is 0 Å². The minimum atomic E-state index is 0.487. The summed E-state index contributed by atoms with van der Waals surface area (Å²) in [5.41, 5.74) is 3.53. The number of hydrogen-bond donors (Lipinski definition) is 0. The average molecular weight is 1570 g/mol. The second-order valence-electron chi connectivity index (χ2n) is 6.51. The molecule has 0 radical (unpaired) electrons. The quantitative estimate of drug-likeness (QED) is 0.248. The Balaban J connectivity index is 2.73. The topological polar surface area (TPSA) is 0 Å². The van der Waals surface area contributed by atoms with E-state index in [0.717, 1.165) is 0 Å². The molecule has 0 aliphatic heterocycles. The van der Waals surface area contributed by atoms with Crippen molar-refractivity contribution in [2.24, 2.45) is 0 Å². The van der Waals surface area contributed by atoms with Gasteiger partial charge in [0.2, 0.25) is 0 Å². The molecule has 86 valence electrons. The second-order valence-corrected chi connectivity index (χ2v) is 32.2. The Kier molecular flexibility index (Phi) is 10.7. The molecular formula is C14H12Ra6S. The standard InChI is InChI=1S/C14H6S.6Ra.6H/c1-9-3-5-11-12-6-4-10(2)8-14(12)15-13(11)7-9;;;;;;;;;;;;/h1-2H3;;;;;;;;;;;;. The molecule has 1 heterocycles. The van der Waals surface area contributed by atoms with Crippen LogP contribution in [0.25, 0.3) is 20.2 Å². The Morgan fingerprint density at radius 2 is 0.857 bits per heavy atom. The summed E-state index contributed by atoms with van der Waals surface area (Å²) in [5.74, 6) is 0. The fraction of sp³-hybridized carbons (Fsp3) is 0.143. The van der Waals surface area contributed by atoms with Crippen molar-refractivity contribution in [2.45, 2.75) is 13.8 Å². The summed E-state index contributed by atoms with van der Waals surface area (Å²) < 4.78 is 14.9.